The van der Waals surface area contributed by atoms with Gasteiger partial charge >= 0.3 is 0 Å². The van der Waals surface area contributed by atoms with E-state index in [4.69, 9.17) is 33.7 Å². The van der Waals surface area contributed by atoms with E-state index in [1.165, 1.54) is 6.08 Å². The van der Waals surface area contributed by atoms with E-state index in [1.807, 2.05) is 19.1 Å². The molecule has 0 fully saturated rings. The van der Waals surface area contributed by atoms with E-state index in [0.29, 0.717) is 16.5 Å². The van der Waals surface area contributed by atoms with E-state index in [2.05, 4.69) is 10.6 Å². The molecular weight excluding hydrogens is 325 g/mol. The number of hydrogen-bond donors (Lipinski definition) is 3. The minimum atomic E-state index is -0.668. The maximum atomic E-state index is 12.2. The van der Waals surface area contributed by atoms with E-state index >= 15 is 0 Å². The van der Waals surface area contributed by atoms with Crippen LogP contribution in [0.1, 0.15) is 17.3 Å². The van der Waals surface area contributed by atoms with Gasteiger partial charge in [-0.05, 0) is 36.3 Å². The zero-order valence-corrected chi connectivity index (χ0v) is 13.7. The van der Waals surface area contributed by atoms with Crippen LogP contribution in [0.25, 0.3) is 0 Å². The highest BCUT2D eigenvalue weighted by Crippen LogP contribution is 2.22. The fraction of sp³-hybridized carbons (Fsp3) is 0.267. The smallest absolute Gasteiger partial charge is 0.252 e. The number of carbonyl (C=O) groups is 1. The van der Waals surface area contributed by atoms with Crippen LogP contribution in [0, 0.1) is 6.92 Å². The second kappa shape index (κ2) is 7.05. The molecule has 1 aromatic carbocycles. The van der Waals surface area contributed by atoms with Gasteiger partial charge in [0.1, 0.15) is 22.6 Å². The van der Waals surface area contributed by atoms with Gasteiger partial charge in [-0.25, -0.2) is 0 Å². The number of rotatable bonds is 4. The number of benzene rings is 1. The second-order valence-electron chi connectivity index (χ2n) is 4.84. The van der Waals surface area contributed by atoms with Crippen molar-refractivity contribution >= 4 is 29.1 Å². The molecule has 0 saturated heterocycles. The van der Waals surface area contributed by atoms with E-state index in [0.717, 1.165) is 11.1 Å². The van der Waals surface area contributed by atoms with Crippen molar-refractivity contribution in [2.45, 2.75) is 18.6 Å². The Morgan fingerprint density at radius 2 is 2.23 bits per heavy atom. The van der Waals surface area contributed by atoms with Crippen LogP contribution in [0.4, 0.5) is 0 Å². The summed E-state index contributed by atoms with van der Waals surface area (Å²) in [5.41, 5.74) is 7.58. The Hall–Kier alpha value is -1.69. The van der Waals surface area contributed by atoms with Crippen molar-refractivity contribution in [3.05, 3.63) is 52.2 Å². The zero-order chi connectivity index (χ0) is 16.3. The lowest BCUT2D eigenvalue weighted by Crippen LogP contribution is -2.36. The SMILES string of the molecule is COc1cc(C(N)NC(=O)C2=CC(Cl)NC(Cl)=C2)ccc1C. The molecule has 0 saturated carbocycles. The first-order chi connectivity index (χ1) is 10.4. The number of nitrogens with one attached hydrogen (secondary N) is 2. The Labute approximate surface area is 139 Å². The summed E-state index contributed by atoms with van der Waals surface area (Å²) in [5, 5.41) is 5.77. The zero-order valence-electron chi connectivity index (χ0n) is 12.2. The van der Waals surface area contributed by atoms with Crippen molar-refractivity contribution in [3.63, 3.8) is 0 Å². The van der Waals surface area contributed by atoms with E-state index in [1.54, 1.807) is 19.3 Å². The number of aryl methyl sites for hydroxylation is 1. The molecule has 0 aliphatic carbocycles. The number of methoxy groups -OCH3 is 1. The van der Waals surface area contributed by atoms with Crippen LogP contribution in [0.15, 0.2) is 41.1 Å². The highest BCUT2D eigenvalue weighted by atomic mass is 35.5. The number of halogens is 2. The van der Waals surface area contributed by atoms with Crippen LogP contribution in [0.3, 0.4) is 0 Å². The van der Waals surface area contributed by atoms with Crippen LogP contribution < -0.4 is 21.1 Å². The highest BCUT2D eigenvalue weighted by Gasteiger charge is 2.18. The van der Waals surface area contributed by atoms with E-state index < -0.39 is 11.7 Å². The Kier molecular flexibility index (Phi) is 5.34. The Bertz CT molecular complexity index is 644. The van der Waals surface area contributed by atoms with Crippen LogP contribution in [-0.2, 0) is 4.79 Å². The quantitative estimate of drug-likeness (QED) is 0.446. The molecule has 1 aliphatic rings. The molecule has 1 amide bonds. The first-order valence-corrected chi connectivity index (χ1v) is 7.42. The van der Waals surface area contributed by atoms with Gasteiger partial charge in [-0.1, -0.05) is 35.3 Å². The van der Waals surface area contributed by atoms with Crippen molar-refractivity contribution in [1.82, 2.24) is 10.6 Å². The second-order valence-corrected chi connectivity index (χ2v) is 5.72. The van der Waals surface area contributed by atoms with Crippen LogP contribution >= 0.6 is 23.2 Å². The lowest BCUT2D eigenvalue weighted by Gasteiger charge is -2.19. The largest absolute Gasteiger partial charge is 0.496 e. The van der Waals surface area contributed by atoms with Crippen LogP contribution in [0.5, 0.6) is 5.75 Å². The molecule has 22 heavy (non-hydrogen) atoms. The minimum Gasteiger partial charge on any atom is -0.496 e. The monoisotopic (exact) mass is 341 g/mol. The molecule has 7 heteroatoms. The summed E-state index contributed by atoms with van der Waals surface area (Å²) in [7, 11) is 1.59. The van der Waals surface area contributed by atoms with Crippen molar-refractivity contribution in [2.75, 3.05) is 7.11 Å². The summed E-state index contributed by atoms with van der Waals surface area (Å²) in [4.78, 5) is 12.2. The average molecular weight is 342 g/mol. The molecule has 2 unspecified atom stereocenters. The van der Waals surface area contributed by atoms with Crippen molar-refractivity contribution in [1.29, 1.82) is 0 Å². The Balaban J connectivity index is 2.12. The van der Waals surface area contributed by atoms with Gasteiger partial charge in [0.05, 0.1) is 7.11 Å². The summed E-state index contributed by atoms with van der Waals surface area (Å²) >= 11 is 11.8. The minimum absolute atomic E-state index is 0.304. The lowest BCUT2D eigenvalue weighted by atomic mass is 10.1. The summed E-state index contributed by atoms with van der Waals surface area (Å²) in [6, 6.07) is 5.52. The van der Waals surface area contributed by atoms with Crippen LogP contribution in [-0.4, -0.2) is 18.5 Å². The maximum absolute atomic E-state index is 12.2. The molecule has 1 aromatic rings. The molecular formula is C15H17Cl2N3O2. The third-order valence-corrected chi connectivity index (χ3v) is 3.68. The lowest BCUT2D eigenvalue weighted by molar-refractivity contribution is -0.117. The fourth-order valence-electron chi connectivity index (χ4n) is 2.04. The average Bonchev–Trinajstić information content (AvgIpc) is 2.46. The molecule has 1 aliphatic heterocycles. The van der Waals surface area contributed by atoms with Gasteiger partial charge in [0, 0.05) is 5.57 Å². The van der Waals surface area contributed by atoms with Crippen molar-refractivity contribution < 1.29 is 9.53 Å². The normalized spacial score (nSPS) is 18.7. The van der Waals surface area contributed by atoms with Gasteiger partial charge in [0.25, 0.3) is 5.91 Å². The molecule has 0 radical (unpaired) electrons. The number of carbonyl (C=O) groups excluding carboxylic acids is 1. The number of ether oxygens (including phenoxy) is 1. The molecule has 0 aromatic heterocycles. The third kappa shape index (κ3) is 3.94. The standard InChI is InChI=1S/C15H17Cl2N3O2/c1-8-3-4-9(5-11(8)22-2)14(18)20-15(21)10-6-12(16)19-13(17)7-10/h3-7,12,14,19H,18H2,1-2H3,(H,20,21). The Morgan fingerprint density at radius 1 is 1.50 bits per heavy atom. The van der Waals surface area contributed by atoms with Crippen molar-refractivity contribution in [2.24, 2.45) is 5.73 Å². The maximum Gasteiger partial charge on any atom is 0.252 e. The number of nitrogens with two attached hydrogens (primary N) is 1. The number of dihydropyridines is 1. The van der Waals surface area contributed by atoms with Gasteiger partial charge in [0.2, 0.25) is 0 Å². The van der Waals surface area contributed by atoms with Gasteiger partial charge < -0.3 is 21.1 Å². The molecule has 2 atom stereocenters. The summed E-state index contributed by atoms with van der Waals surface area (Å²) in [6.07, 6.45) is 2.39. The topological polar surface area (TPSA) is 76.4 Å². The number of amides is 1. The first-order valence-electron chi connectivity index (χ1n) is 6.61. The predicted molar refractivity (Wildman–Crippen MR) is 87.6 cm³/mol. The predicted octanol–water partition coefficient (Wildman–Crippen LogP) is 2.25. The summed E-state index contributed by atoms with van der Waals surface area (Å²) in [6.45, 7) is 1.93. The Morgan fingerprint density at radius 3 is 2.86 bits per heavy atom. The summed E-state index contributed by atoms with van der Waals surface area (Å²) < 4.78 is 5.25. The van der Waals surface area contributed by atoms with E-state index in [-0.39, 0.29) is 5.91 Å². The van der Waals surface area contributed by atoms with Crippen LogP contribution in [0.2, 0.25) is 0 Å². The van der Waals surface area contributed by atoms with Gasteiger partial charge in [-0.3, -0.25) is 4.79 Å². The molecule has 1 heterocycles. The van der Waals surface area contributed by atoms with Gasteiger partial charge in [0.15, 0.2) is 0 Å². The molecule has 2 rings (SSSR count). The molecule has 118 valence electrons. The number of alkyl halides is 1. The van der Waals surface area contributed by atoms with Gasteiger partial charge in [-0.15, -0.1) is 0 Å². The molecule has 4 N–H and O–H groups in total. The molecule has 0 bridgehead atoms. The highest BCUT2D eigenvalue weighted by molar-refractivity contribution is 6.31. The molecule has 0 spiro atoms. The van der Waals surface area contributed by atoms with E-state index in [9.17, 15) is 4.79 Å². The third-order valence-electron chi connectivity index (χ3n) is 3.22. The first kappa shape index (κ1) is 16.7. The molecule has 5 nitrogen and oxygen atoms in total. The summed E-state index contributed by atoms with van der Waals surface area (Å²) in [5.74, 6) is 0.365. The fourth-order valence-corrected chi connectivity index (χ4v) is 2.58. The van der Waals surface area contributed by atoms with Crippen molar-refractivity contribution in [3.8, 4) is 5.75 Å². The number of hydrogen-bond acceptors (Lipinski definition) is 4. The van der Waals surface area contributed by atoms with Gasteiger partial charge in [-0.2, -0.15) is 0 Å².